The van der Waals surface area contributed by atoms with Crippen LogP contribution in [0.25, 0.3) is 16.9 Å². The van der Waals surface area contributed by atoms with E-state index in [9.17, 15) is 9.59 Å². The number of furan rings is 1. The van der Waals surface area contributed by atoms with Gasteiger partial charge in [0.2, 0.25) is 5.76 Å². The zero-order valence-corrected chi connectivity index (χ0v) is 15.5. The summed E-state index contributed by atoms with van der Waals surface area (Å²) in [6, 6.07) is 8.95. The van der Waals surface area contributed by atoms with Gasteiger partial charge in [-0.25, -0.2) is 9.78 Å². The first-order valence-electron chi connectivity index (χ1n) is 8.53. The van der Waals surface area contributed by atoms with Gasteiger partial charge in [0.05, 0.1) is 19.3 Å². The number of aromatic nitrogens is 5. The standard InChI is InChI=1S/C19H17N5O4/c1-11-4-5-13(8-12(11)2)24-17-16(21-22-24)18(25)23(10-20-17)9-14-6-7-15(28-14)19(26)27-3/h4-8,10H,9H2,1-3H3. The lowest BCUT2D eigenvalue weighted by Crippen LogP contribution is -2.21. The third-order valence-corrected chi connectivity index (χ3v) is 4.54. The number of rotatable bonds is 4. The van der Waals surface area contributed by atoms with Gasteiger partial charge >= 0.3 is 5.97 Å². The van der Waals surface area contributed by atoms with Crippen LogP contribution >= 0.6 is 0 Å². The molecular formula is C19H17N5O4. The molecule has 4 aromatic rings. The molecule has 0 aliphatic rings. The summed E-state index contributed by atoms with van der Waals surface area (Å²) < 4.78 is 12.9. The minimum absolute atomic E-state index is 0.0697. The maximum atomic E-state index is 12.8. The Kier molecular flexibility index (Phi) is 4.26. The van der Waals surface area contributed by atoms with Gasteiger partial charge < -0.3 is 9.15 Å². The van der Waals surface area contributed by atoms with Crippen molar-refractivity contribution in [1.29, 1.82) is 0 Å². The largest absolute Gasteiger partial charge is 0.463 e. The molecule has 9 heteroatoms. The summed E-state index contributed by atoms with van der Waals surface area (Å²) in [6.07, 6.45) is 1.41. The summed E-state index contributed by atoms with van der Waals surface area (Å²) in [7, 11) is 1.27. The number of hydrogen-bond donors (Lipinski definition) is 0. The highest BCUT2D eigenvalue weighted by molar-refractivity contribution is 5.86. The molecule has 142 valence electrons. The monoisotopic (exact) mass is 379 g/mol. The summed E-state index contributed by atoms with van der Waals surface area (Å²) in [5, 5.41) is 8.10. The topological polar surface area (TPSA) is 105 Å². The Morgan fingerprint density at radius 1 is 1.18 bits per heavy atom. The Morgan fingerprint density at radius 3 is 2.75 bits per heavy atom. The number of aryl methyl sites for hydroxylation is 2. The fourth-order valence-corrected chi connectivity index (χ4v) is 2.83. The van der Waals surface area contributed by atoms with Gasteiger partial charge in [0.25, 0.3) is 5.56 Å². The summed E-state index contributed by atoms with van der Waals surface area (Å²) in [4.78, 5) is 28.6. The summed E-state index contributed by atoms with van der Waals surface area (Å²) in [6.45, 7) is 4.13. The molecule has 0 amide bonds. The fourth-order valence-electron chi connectivity index (χ4n) is 2.83. The number of benzene rings is 1. The second-order valence-corrected chi connectivity index (χ2v) is 6.38. The van der Waals surface area contributed by atoms with E-state index in [2.05, 4.69) is 20.0 Å². The number of ether oxygens (including phenoxy) is 1. The highest BCUT2D eigenvalue weighted by atomic mass is 16.5. The average Bonchev–Trinajstić information content (AvgIpc) is 3.33. The van der Waals surface area contributed by atoms with Crippen molar-refractivity contribution in [2.45, 2.75) is 20.4 Å². The van der Waals surface area contributed by atoms with Crippen molar-refractivity contribution in [1.82, 2.24) is 24.5 Å². The summed E-state index contributed by atoms with van der Waals surface area (Å²) >= 11 is 0. The van der Waals surface area contributed by atoms with Gasteiger partial charge in [0, 0.05) is 0 Å². The van der Waals surface area contributed by atoms with Crippen molar-refractivity contribution in [2.75, 3.05) is 7.11 Å². The van der Waals surface area contributed by atoms with Gasteiger partial charge in [-0.05, 0) is 49.2 Å². The van der Waals surface area contributed by atoms with Crippen LogP contribution in [0.1, 0.15) is 27.4 Å². The lowest BCUT2D eigenvalue weighted by atomic mass is 10.1. The predicted molar refractivity (Wildman–Crippen MR) is 99.5 cm³/mol. The van der Waals surface area contributed by atoms with E-state index >= 15 is 0 Å². The van der Waals surface area contributed by atoms with Crippen LogP contribution in [0.15, 0.2) is 45.9 Å². The molecule has 1 aromatic carbocycles. The van der Waals surface area contributed by atoms with Crippen LogP contribution in [0.5, 0.6) is 0 Å². The lowest BCUT2D eigenvalue weighted by Gasteiger charge is -2.06. The number of carbonyl (C=O) groups is 1. The summed E-state index contributed by atoms with van der Waals surface area (Å²) in [5.41, 5.74) is 3.22. The Bertz CT molecular complexity index is 1250. The molecular weight excluding hydrogens is 362 g/mol. The highest BCUT2D eigenvalue weighted by Crippen LogP contribution is 2.16. The first-order valence-corrected chi connectivity index (χ1v) is 8.53. The van der Waals surface area contributed by atoms with E-state index in [4.69, 9.17) is 4.42 Å². The third-order valence-electron chi connectivity index (χ3n) is 4.54. The van der Waals surface area contributed by atoms with E-state index in [1.165, 1.54) is 28.8 Å². The van der Waals surface area contributed by atoms with Crippen molar-refractivity contribution in [3.63, 3.8) is 0 Å². The van der Waals surface area contributed by atoms with E-state index < -0.39 is 5.97 Å². The van der Waals surface area contributed by atoms with Crippen LogP contribution < -0.4 is 5.56 Å². The smallest absolute Gasteiger partial charge is 0.373 e. The van der Waals surface area contributed by atoms with Crippen LogP contribution in [-0.2, 0) is 11.3 Å². The van der Waals surface area contributed by atoms with Gasteiger partial charge in [-0.3, -0.25) is 9.36 Å². The van der Waals surface area contributed by atoms with E-state index in [0.29, 0.717) is 11.4 Å². The van der Waals surface area contributed by atoms with Gasteiger partial charge in [0.15, 0.2) is 11.2 Å². The van der Waals surface area contributed by atoms with Crippen molar-refractivity contribution in [2.24, 2.45) is 0 Å². The molecule has 3 heterocycles. The molecule has 9 nitrogen and oxygen atoms in total. The number of nitrogens with zero attached hydrogens (tertiary/aromatic N) is 5. The van der Waals surface area contributed by atoms with Crippen molar-refractivity contribution >= 4 is 17.1 Å². The van der Waals surface area contributed by atoms with Gasteiger partial charge in [0.1, 0.15) is 12.1 Å². The SMILES string of the molecule is COC(=O)c1ccc(Cn2cnc3c(nnn3-c3ccc(C)c(C)c3)c2=O)o1. The number of hydrogen-bond acceptors (Lipinski definition) is 7. The van der Waals surface area contributed by atoms with E-state index in [1.807, 2.05) is 32.0 Å². The van der Waals surface area contributed by atoms with Crippen LogP contribution in [0.3, 0.4) is 0 Å². The Hall–Kier alpha value is -3.75. The molecule has 0 saturated heterocycles. The number of carbonyl (C=O) groups excluding carboxylic acids is 1. The summed E-state index contributed by atoms with van der Waals surface area (Å²) in [5.74, 6) is -0.0889. The number of esters is 1. The van der Waals surface area contributed by atoms with Gasteiger partial charge in [-0.1, -0.05) is 11.3 Å². The average molecular weight is 379 g/mol. The molecule has 0 N–H and O–H groups in total. The maximum absolute atomic E-state index is 12.8. The molecule has 0 saturated carbocycles. The van der Waals surface area contributed by atoms with Crippen LogP contribution in [0.4, 0.5) is 0 Å². The second-order valence-electron chi connectivity index (χ2n) is 6.38. The molecule has 0 aliphatic carbocycles. The Balaban J connectivity index is 1.70. The first-order chi connectivity index (χ1) is 13.5. The molecule has 0 atom stereocenters. The fraction of sp³-hybridized carbons (Fsp3) is 0.211. The molecule has 3 aromatic heterocycles. The minimum Gasteiger partial charge on any atom is -0.463 e. The molecule has 4 rings (SSSR count). The number of methoxy groups -OCH3 is 1. The lowest BCUT2D eigenvalue weighted by molar-refractivity contribution is 0.0563. The molecule has 0 fully saturated rings. The molecule has 28 heavy (non-hydrogen) atoms. The molecule has 0 aliphatic heterocycles. The van der Waals surface area contributed by atoms with Crippen molar-refractivity contribution < 1.29 is 13.9 Å². The van der Waals surface area contributed by atoms with Gasteiger partial charge in [-0.15, -0.1) is 5.10 Å². The minimum atomic E-state index is -0.580. The highest BCUT2D eigenvalue weighted by Gasteiger charge is 2.16. The van der Waals surface area contributed by atoms with Crippen LogP contribution in [-0.4, -0.2) is 37.6 Å². The quantitative estimate of drug-likeness (QED) is 0.500. The maximum Gasteiger partial charge on any atom is 0.373 e. The molecule has 0 radical (unpaired) electrons. The van der Waals surface area contributed by atoms with Crippen molar-refractivity contribution in [3.8, 4) is 5.69 Å². The number of fused-ring (bicyclic) bond motifs is 1. The van der Waals surface area contributed by atoms with E-state index in [1.54, 1.807) is 6.07 Å². The zero-order chi connectivity index (χ0) is 19.8. The zero-order valence-electron chi connectivity index (χ0n) is 15.5. The molecule has 0 spiro atoms. The Labute approximate surface area is 159 Å². The van der Waals surface area contributed by atoms with E-state index in [-0.39, 0.29) is 23.4 Å². The second kappa shape index (κ2) is 6.76. The predicted octanol–water partition coefficient (Wildman–Crippen LogP) is 2.02. The van der Waals surface area contributed by atoms with Gasteiger partial charge in [-0.2, -0.15) is 4.68 Å². The van der Waals surface area contributed by atoms with Crippen LogP contribution in [0, 0.1) is 13.8 Å². The molecule has 0 bridgehead atoms. The molecule has 0 unspecified atom stereocenters. The normalized spacial score (nSPS) is 11.1. The third kappa shape index (κ3) is 2.96. The Morgan fingerprint density at radius 2 is 2.00 bits per heavy atom. The van der Waals surface area contributed by atoms with E-state index in [0.717, 1.165) is 16.8 Å². The van der Waals surface area contributed by atoms with Crippen LogP contribution in [0.2, 0.25) is 0 Å². The first kappa shape index (κ1) is 17.7. The van der Waals surface area contributed by atoms with Crippen molar-refractivity contribution in [3.05, 3.63) is 69.7 Å².